The predicted octanol–water partition coefficient (Wildman–Crippen LogP) is 3.60. The Morgan fingerprint density at radius 1 is 1.38 bits per heavy atom. The number of Topliss-reactive ketones (excluding diaryl/α,β-unsaturated/α-hetero) is 1. The Hall–Kier alpha value is -2.82. The van der Waals surface area contributed by atoms with Crippen molar-refractivity contribution in [1.29, 1.82) is 0 Å². The summed E-state index contributed by atoms with van der Waals surface area (Å²) in [5, 5.41) is 18.0. The molecule has 1 aliphatic carbocycles. The van der Waals surface area contributed by atoms with Crippen molar-refractivity contribution in [3.63, 3.8) is 0 Å². The van der Waals surface area contributed by atoms with Gasteiger partial charge in [0, 0.05) is 28.4 Å². The third-order valence-corrected chi connectivity index (χ3v) is 6.45. The molecular formula is C18H16ClN3O6S. The van der Waals surface area contributed by atoms with E-state index in [1.165, 1.54) is 37.4 Å². The third kappa shape index (κ3) is 3.74. The molecule has 2 N–H and O–H groups in total. The van der Waals surface area contributed by atoms with Crippen molar-refractivity contribution in [1.82, 2.24) is 10.2 Å². The van der Waals surface area contributed by atoms with Crippen LogP contribution in [0.1, 0.15) is 36.3 Å². The van der Waals surface area contributed by atoms with Crippen LogP contribution in [0.4, 0.5) is 5.69 Å². The van der Waals surface area contributed by atoms with E-state index in [4.69, 9.17) is 11.6 Å². The first-order valence-corrected chi connectivity index (χ1v) is 10.1. The van der Waals surface area contributed by atoms with Crippen molar-refractivity contribution >= 4 is 38.8 Å². The van der Waals surface area contributed by atoms with Gasteiger partial charge in [0.1, 0.15) is 10.3 Å². The summed E-state index contributed by atoms with van der Waals surface area (Å²) in [5.74, 6) is -0.663. The zero-order valence-corrected chi connectivity index (χ0v) is 16.9. The molecule has 1 aromatic carbocycles. The van der Waals surface area contributed by atoms with Crippen LogP contribution in [0.2, 0.25) is 5.02 Å². The molecule has 2 aromatic rings. The minimum absolute atomic E-state index is 0.0980. The largest absolute Gasteiger partial charge is 0.288 e. The number of allylic oxidation sites excluding steroid dienone is 3. The summed E-state index contributed by atoms with van der Waals surface area (Å²) in [6, 6.07) is 5.22. The van der Waals surface area contributed by atoms with Gasteiger partial charge in [0.25, 0.3) is 15.8 Å². The van der Waals surface area contributed by atoms with Crippen LogP contribution in [-0.4, -0.2) is 38.6 Å². The maximum absolute atomic E-state index is 13.3. The van der Waals surface area contributed by atoms with Crippen LogP contribution in [0.5, 0.6) is 0 Å². The van der Waals surface area contributed by atoms with Gasteiger partial charge in [-0.1, -0.05) is 23.3 Å². The van der Waals surface area contributed by atoms with E-state index in [-0.39, 0.29) is 28.2 Å². The summed E-state index contributed by atoms with van der Waals surface area (Å²) in [6.07, 6.45) is 2.52. The predicted molar refractivity (Wildman–Crippen MR) is 106 cm³/mol. The first-order chi connectivity index (χ1) is 13.4. The molecule has 0 saturated carbocycles. The Kier molecular flexibility index (Phi) is 5.20. The van der Waals surface area contributed by atoms with Crippen molar-refractivity contribution in [2.24, 2.45) is 0 Å². The van der Waals surface area contributed by atoms with Gasteiger partial charge >= 0.3 is 0 Å². The number of ketones is 1. The smallest absolute Gasteiger partial charge is 0.282 e. The summed E-state index contributed by atoms with van der Waals surface area (Å²) >= 11 is 5.83. The molecule has 1 unspecified atom stereocenters. The monoisotopic (exact) mass is 437 g/mol. The maximum atomic E-state index is 13.3. The van der Waals surface area contributed by atoms with Crippen LogP contribution in [0.25, 0.3) is 5.57 Å². The fraction of sp³-hybridized carbons (Fsp3) is 0.222. The number of hydrogen-bond acceptors (Lipinski definition) is 6. The first-order valence-electron chi connectivity index (χ1n) is 8.33. The van der Waals surface area contributed by atoms with Crippen molar-refractivity contribution in [3.05, 3.63) is 74.1 Å². The van der Waals surface area contributed by atoms with E-state index in [0.29, 0.717) is 11.3 Å². The molecule has 0 fully saturated rings. The summed E-state index contributed by atoms with van der Waals surface area (Å²) in [6.45, 7) is 2.87. The van der Waals surface area contributed by atoms with Gasteiger partial charge in [-0.15, -0.1) is 0 Å². The van der Waals surface area contributed by atoms with E-state index < -0.39 is 31.3 Å². The second-order valence-corrected chi connectivity index (χ2v) is 9.22. The number of aromatic nitrogens is 2. The Morgan fingerprint density at radius 3 is 2.62 bits per heavy atom. The van der Waals surface area contributed by atoms with Gasteiger partial charge in [-0.25, -0.2) is 0 Å². The fourth-order valence-corrected chi connectivity index (χ4v) is 4.19. The number of nitro groups is 1. The van der Waals surface area contributed by atoms with Gasteiger partial charge in [0.2, 0.25) is 5.78 Å². The Labute approximate surface area is 171 Å². The van der Waals surface area contributed by atoms with Gasteiger partial charge in [-0.3, -0.25) is 24.6 Å². The van der Waals surface area contributed by atoms with Crippen molar-refractivity contribution < 1.29 is 22.7 Å². The normalized spacial score (nSPS) is 19.8. The number of rotatable bonds is 5. The highest BCUT2D eigenvalue weighted by molar-refractivity contribution is 7.87. The fourth-order valence-electron chi connectivity index (χ4n) is 3.36. The molecule has 0 saturated heterocycles. The average Bonchev–Trinajstić information content (AvgIpc) is 3.14. The lowest BCUT2D eigenvalue weighted by atomic mass is 9.81. The number of carbonyl (C=O) groups excluding carboxylic acids is 1. The minimum Gasteiger partial charge on any atom is -0.288 e. The first kappa shape index (κ1) is 20.9. The minimum atomic E-state index is -4.51. The second kappa shape index (κ2) is 7.21. The van der Waals surface area contributed by atoms with Crippen LogP contribution in [0.3, 0.4) is 0 Å². The molecule has 9 nitrogen and oxygen atoms in total. The summed E-state index contributed by atoms with van der Waals surface area (Å²) < 4.78 is 32.0. The van der Waals surface area contributed by atoms with Gasteiger partial charge < -0.3 is 0 Å². The molecule has 1 atom stereocenters. The third-order valence-electron chi connectivity index (χ3n) is 4.77. The molecule has 29 heavy (non-hydrogen) atoms. The maximum Gasteiger partial charge on any atom is 0.282 e. The number of H-pyrrole nitrogens is 1. The highest BCUT2D eigenvalue weighted by Gasteiger charge is 2.42. The number of hydrogen-bond donors (Lipinski definition) is 2. The molecule has 11 heteroatoms. The second-order valence-electron chi connectivity index (χ2n) is 6.90. The molecule has 152 valence electrons. The molecule has 0 bridgehead atoms. The van der Waals surface area contributed by atoms with Gasteiger partial charge in [0.15, 0.2) is 0 Å². The van der Waals surface area contributed by atoms with Crippen molar-refractivity contribution in [3.8, 4) is 0 Å². The lowest BCUT2D eigenvalue weighted by molar-refractivity contribution is -0.385. The van der Waals surface area contributed by atoms with Crippen LogP contribution in [0.15, 0.2) is 47.7 Å². The molecule has 3 rings (SSSR count). The molecule has 1 heterocycles. The van der Waals surface area contributed by atoms with E-state index in [0.717, 1.165) is 6.07 Å². The molecule has 0 aliphatic heterocycles. The number of halogens is 1. The lowest BCUT2D eigenvalue weighted by Crippen LogP contribution is -2.36. The van der Waals surface area contributed by atoms with Crippen LogP contribution in [-0.2, 0) is 10.1 Å². The van der Waals surface area contributed by atoms with E-state index in [1.807, 2.05) is 0 Å². The Morgan fingerprint density at radius 2 is 2.07 bits per heavy atom. The summed E-state index contributed by atoms with van der Waals surface area (Å²) in [7, 11) is -4.51. The number of benzene rings is 1. The molecule has 1 aromatic heterocycles. The average molecular weight is 438 g/mol. The molecule has 0 amide bonds. The number of nitrogens with zero attached hydrogens (tertiary/aromatic N) is 2. The van der Waals surface area contributed by atoms with E-state index in [9.17, 15) is 27.9 Å². The number of nitro benzene ring substituents is 1. The van der Waals surface area contributed by atoms with Crippen molar-refractivity contribution in [2.75, 3.05) is 0 Å². The van der Waals surface area contributed by atoms with Gasteiger partial charge in [0.05, 0.1) is 10.6 Å². The summed E-state index contributed by atoms with van der Waals surface area (Å²) in [4.78, 5) is 24.0. The van der Waals surface area contributed by atoms with Crippen LogP contribution in [0, 0.1) is 10.1 Å². The highest BCUT2D eigenvalue weighted by atomic mass is 35.5. The SMILES string of the molecule is CC1=C(C(=O)c2ccc(Cl)cc2[N+](=O)[O-])C(c2ccn[nH]2)=CC(C)(S(=O)(=O)O)C1. The Bertz CT molecular complexity index is 1180. The van der Waals surface area contributed by atoms with E-state index in [1.54, 1.807) is 6.92 Å². The highest BCUT2D eigenvalue weighted by Crippen LogP contribution is 2.42. The quantitative estimate of drug-likeness (QED) is 0.314. The summed E-state index contributed by atoms with van der Waals surface area (Å²) in [5.41, 5.74) is 0.316. The van der Waals surface area contributed by atoms with Crippen LogP contribution < -0.4 is 0 Å². The van der Waals surface area contributed by atoms with Gasteiger partial charge in [-0.05, 0) is 38.5 Å². The van der Waals surface area contributed by atoms with Gasteiger partial charge in [-0.2, -0.15) is 13.5 Å². The zero-order chi connectivity index (χ0) is 21.6. The molecular weight excluding hydrogens is 422 g/mol. The van der Waals surface area contributed by atoms with E-state index >= 15 is 0 Å². The standard InChI is InChI=1S/C18H16ClN3O6S/c1-10-8-18(2,29(26,27)28)9-13(14-5-6-20-21-14)16(10)17(23)12-4-3-11(19)7-15(12)22(24)25/h3-7,9H,8H2,1-2H3,(H,20,21)(H,26,27,28). The number of nitrogens with one attached hydrogen (secondary N) is 1. The molecule has 0 radical (unpaired) electrons. The Balaban J connectivity index is 2.23. The van der Waals surface area contributed by atoms with E-state index in [2.05, 4.69) is 10.2 Å². The molecule has 1 aliphatic rings. The molecule has 0 spiro atoms. The van der Waals surface area contributed by atoms with Crippen LogP contribution >= 0.6 is 11.6 Å². The lowest BCUT2D eigenvalue weighted by Gasteiger charge is -2.30. The zero-order valence-electron chi connectivity index (χ0n) is 15.3. The number of aromatic amines is 1. The number of carbonyl (C=O) groups is 1. The topological polar surface area (TPSA) is 143 Å². The van der Waals surface area contributed by atoms with Crippen molar-refractivity contribution in [2.45, 2.75) is 25.0 Å².